The third-order valence-electron chi connectivity index (χ3n) is 9.21. The Labute approximate surface area is 253 Å². The highest BCUT2D eigenvalue weighted by Gasteiger charge is 2.26. The number of likely N-dealkylation sites (tertiary alicyclic amines) is 2. The lowest BCUT2D eigenvalue weighted by Gasteiger charge is -2.33. The molecule has 4 aromatic rings. The molecule has 0 bridgehead atoms. The molecule has 2 aliphatic heterocycles. The second-order valence-electron chi connectivity index (χ2n) is 13.1. The number of aromatic nitrogens is 2. The average molecular weight is 573 g/mol. The van der Waals surface area contributed by atoms with Gasteiger partial charge >= 0.3 is 0 Å². The van der Waals surface area contributed by atoms with E-state index in [0.717, 1.165) is 72.0 Å². The van der Waals surface area contributed by atoms with Gasteiger partial charge in [0.25, 0.3) is 11.8 Å². The van der Waals surface area contributed by atoms with Crippen LogP contribution in [0.4, 0.5) is 0 Å². The summed E-state index contributed by atoms with van der Waals surface area (Å²) in [6, 6.07) is 17.5. The maximum atomic E-state index is 12.7. The zero-order valence-electron chi connectivity index (χ0n) is 26.3. The number of piperidine rings is 2. The number of carbonyl (C=O) groups is 2. The van der Waals surface area contributed by atoms with Gasteiger partial charge in [-0.3, -0.25) is 9.59 Å². The standard InChI is InChI=1S/2C18H24N2O.2H2/c2*1-12(2)14-7-8-15-11-17(19-16(15)10-14)18(21)20-9-5-4-6-13(20)3;;/h2*7-8,10-13,19H,4-6,9H2,1-3H3;2*1H/t2*13-;;/m10../s1. The summed E-state index contributed by atoms with van der Waals surface area (Å²) in [5.74, 6) is 1.28. The number of hydrogen-bond donors (Lipinski definition) is 2. The zero-order valence-corrected chi connectivity index (χ0v) is 26.3. The normalized spacial score (nSPS) is 19.4. The predicted molar refractivity (Wildman–Crippen MR) is 178 cm³/mol. The van der Waals surface area contributed by atoms with Crippen molar-refractivity contribution < 1.29 is 12.4 Å². The number of aromatic amines is 2. The van der Waals surface area contributed by atoms with E-state index in [1.54, 1.807) is 0 Å². The molecule has 42 heavy (non-hydrogen) atoms. The molecule has 2 amide bonds. The van der Waals surface area contributed by atoms with Crippen LogP contribution in [0.3, 0.4) is 0 Å². The van der Waals surface area contributed by atoms with Gasteiger partial charge in [-0.2, -0.15) is 0 Å². The number of nitrogens with zero attached hydrogens (tertiary/aromatic N) is 2. The molecule has 2 aliphatic rings. The fourth-order valence-electron chi connectivity index (χ4n) is 6.35. The number of benzene rings is 2. The van der Waals surface area contributed by atoms with Crippen LogP contribution in [0, 0.1) is 0 Å². The maximum Gasteiger partial charge on any atom is 0.270 e. The SMILES string of the molecule is CC(C)c1ccc2cc(C(=O)N3CCCC[C@@H]3C)[nH]c2c1.CC(C)c1ccc2cc(C(=O)N3CCCC[C@H]3C)[nH]c2c1.[HH].[HH]. The quantitative estimate of drug-likeness (QED) is 0.256. The lowest BCUT2D eigenvalue weighted by molar-refractivity contribution is 0.0623. The van der Waals surface area contributed by atoms with E-state index in [4.69, 9.17) is 0 Å². The van der Waals surface area contributed by atoms with Crippen LogP contribution < -0.4 is 0 Å². The lowest BCUT2D eigenvalue weighted by atomic mass is 10.0. The van der Waals surface area contributed by atoms with Crippen molar-refractivity contribution in [3.63, 3.8) is 0 Å². The number of hydrogen-bond acceptors (Lipinski definition) is 2. The Morgan fingerprint density at radius 3 is 1.43 bits per heavy atom. The minimum absolute atomic E-state index is 0. The molecule has 2 fully saturated rings. The molecule has 2 saturated heterocycles. The van der Waals surface area contributed by atoms with Crippen molar-refractivity contribution in [2.75, 3.05) is 13.1 Å². The minimum Gasteiger partial charge on any atom is -0.351 e. The fraction of sp³-hybridized carbons (Fsp3) is 0.500. The molecule has 2 aromatic carbocycles. The van der Waals surface area contributed by atoms with Crippen molar-refractivity contribution in [1.29, 1.82) is 0 Å². The Morgan fingerprint density at radius 1 is 0.667 bits per heavy atom. The van der Waals surface area contributed by atoms with E-state index in [2.05, 4.69) is 87.9 Å². The van der Waals surface area contributed by atoms with Gasteiger partial charge in [-0.1, -0.05) is 52.0 Å². The Morgan fingerprint density at radius 2 is 1.07 bits per heavy atom. The maximum absolute atomic E-state index is 12.7. The van der Waals surface area contributed by atoms with E-state index >= 15 is 0 Å². The summed E-state index contributed by atoms with van der Waals surface area (Å²) in [6.07, 6.45) is 6.93. The van der Waals surface area contributed by atoms with Crippen LogP contribution in [0.15, 0.2) is 48.5 Å². The van der Waals surface area contributed by atoms with E-state index in [-0.39, 0.29) is 14.7 Å². The summed E-state index contributed by atoms with van der Waals surface area (Å²) in [5.41, 5.74) is 6.17. The molecule has 6 heteroatoms. The molecular formula is C36H52N4O2. The summed E-state index contributed by atoms with van der Waals surface area (Å²) >= 11 is 0. The lowest BCUT2D eigenvalue weighted by Crippen LogP contribution is -2.42. The molecule has 0 saturated carbocycles. The van der Waals surface area contributed by atoms with Crippen LogP contribution >= 0.6 is 0 Å². The Bertz CT molecular complexity index is 1440. The highest BCUT2D eigenvalue weighted by molar-refractivity contribution is 5.99. The first-order valence-corrected chi connectivity index (χ1v) is 16.0. The van der Waals surface area contributed by atoms with Gasteiger partial charge in [0.2, 0.25) is 0 Å². The topological polar surface area (TPSA) is 72.2 Å². The molecular weight excluding hydrogens is 520 g/mol. The third-order valence-corrected chi connectivity index (χ3v) is 9.21. The van der Waals surface area contributed by atoms with Crippen molar-refractivity contribution in [2.45, 2.75) is 104 Å². The molecule has 6 nitrogen and oxygen atoms in total. The molecule has 4 heterocycles. The number of carbonyl (C=O) groups excluding carboxylic acids is 2. The zero-order chi connectivity index (χ0) is 30.0. The van der Waals surface area contributed by atoms with Gasteiger partial charge < -0.3 is 19.8 Å². The van der Waals surface area contributed by atoms with Crippen LogP contribution in [-0.4, -0.2) is 56.8 Å². The number of rotatable bonds is 4. The molecule has 6 rings (SSSR count). The average Bonchev–Trinajstić information content (AvgIpc) is 3.61. The number of nitrogens with one attached hydrogen (secondary N) is 2. The van der Waals surface area contributed by atoms with Gasteiger partial charge in [0.1, 0.15) is 11.4 Å². The Balaban J connectivity index is 0.000000230. The summed E-state index contributed by atoms with van der Waals surface area (Å²) in [6.45, 7) is 14.8. The molecule has 2 N–H and O–H groups in total. The van der Waals surface area contributed by atoms with Crippen LogP contribution in [-0.2, 0) is 0 Å². The largest absolute Gasteiger partial charge is 0.351 e. The second-order valence-corrected chi connectivity index (χ2v) is 13.1. The van der Waals surface area contributed by atoms with E-state index in [1.807, 2.05) is 21.9 Å². The molecule has 0 aliphatic carbocycles. The second kappa shape index (κ2) is 12.8. The van der Waals surface area contributed by atoms with Gasteiger partial charge in [0, 0.05) is 49.8 Å². The summed E-state index contributed by atoms with van der Waals surface area (Å²) in [4.78, 5) is 36.0. The van der Waals surface area contributed by atoms with Crippen LogP contribution in [0.1, 0.15) is 127 Å². The highest BCUT2D eigenvalue weighted by atomic mass is 16.2. The first-order valence-electron chi connectivity index (χ1n) is 16.0. The Kier molecular flexibility index (Phi) is 9.10. The first-order chi connectivity index (χ1) is 20.1. The van der Waals surface area contributed by atoms with Gasteiger partial charge in [0.05, 0.1) is 0 Å². The van der Waals surface area contributed by atoms with Crippen LogP contribution in [0.25, 0.3) is 21.8 Å². The first kappa shape index (κ1) is 29.9. The summed E-state index contributed by atoms with van der Waals surface area (Å²) in [7, 11) is 0. The van der Waals surface area contributed by atoms with Crippen LogP contribution in [0.2, 0.25) is 0 Å². The number of fused-ring (bicyclic) bond motifs is 2. The molecule has 2 atom stereocenters. The van der Waals surface area contributed by atoms with Gasteiger partial charge in [-0.05, 0) is 99.6 Å². The molecule has 0 radical (unpaired) electrons. The molecule has 0 unspecified atom stereocenters. The van der Waals surface area contributed by atoms with E-state index in [9.17, 15) is 9.59 Å². The molecule has 0 spiro atoms. The monoisotopic (exact) mass is 572 g/mol. The highest BCUT2D eigenvalue weighted by Crippen LogP contribution is 2.26. The van der Waals surface area contributed by atoms with Gasteiger partial charge in [-0.25, -0.2) is 0 Å². The summed E-state index contributed by atoms with van der Waals surface area (Å²) in [5, 5.41) is 2.24. The van der Waals surface area contributed by atoms with Gasteiger partial charge in [0.15, 0.2) is 0 Å². The van der Waals surface area contributed by atoms with Crippen molar-refractivity contribution in [1.82, 2.24) is 19.8 Å². The van der Waals surface area contributed by atoms with E-state index in [1.165, 1.54) is 24.0 Å². The molecule has 228 valence electrons. The van der Waals surface area contributed by atoms with Crippen molar-refractivity contribution >= 4 is 33.6 Å². The predicted octanol–water partition coefficient (Wildman–Crippen LogP) is 9.10. The van der Waals surface area contributed by atoms with Gasteiger partial charge in [-0.15, -0.1) is 0 Å². The summed E-state index contributed by atoms with van der Waals surface area (Å²) < 4.78 is 0. The Hall–Kier alpha value is -3.54. The smallest absolute Gasteiger partial charge is 0.270 e. The van der Waals surface area contributed by atoms with E-state index in [0.29, 0.717) is 23.9 Å². The van der Waals surface area contributed by atoms with Crippen LogP contribution in [0.5, 0.6) is 0 Å². The van der Waals surface area contributed by atoms with Crippen molar-refractivity contribution in [2.24, 2.45) is 0 Å². The minimum atomic E-state index is 0. The van der Waals surface area contributed by atoms with Crippen molar-refractivity contribution in [3.8, 4) is 0 Å². The number of H-pyrrole nitrogens is 2. The van der Waals surface area contributed by atoms with E-state index < -0.39 is 0 Å². The fourth-order valence-corrected chi connectivity index (χ4v) is 6.35. The van der Waals surface area contributed by atoms with Crippen molar-refractivity contribution in [3.05, 3.63) is 71.0 Å². The molecule has 2 aromatic heterocycles. The third kappa shape index (κ3) is 6.43. The number of amides is 2.